The van der Waals surface area contributed by atoms with Crippen molar-refractivity contribution >= 4 is 16.2 Å². The van der Waals surface area contributed by atoms with Crippen LogP contribution in [0, 0.1) is 0 Å². The maximum atomic E-state index is 12.5. The Bertz CT molecular complexity index is 1160. The van der Waals surface area contributed by atoms with Crippen LogP contribution < -0.4 is 20.2 Å². The summed E-state index contributed by atoms with van der Waals surface area (Å²) in [5.41, 5.74) is 0.990. The van der Waals surface area contributed by atoms with Crippen molar-refractivity contribution in [3.8, 4) is 5.75 Å². The molecule has 4 rings (SSSR count). The molecule has 0 bridgehead atoms. The normalized spacial score (nSPS) is 22.5. The second-order valence-electron chi connectivity index (χ2n) is 6.67. The van der Waals surface area contributed by atoms with Gasteiger partial charge >= 0.3 is 16.2 Å². The Morgan fingerprint density at radius 3 is 2.57 bits per heavy atom. The van der Waals surface area contributed by atoms with E-state index in [0.717, 1.165) is 18.6 Å². The van der Waals surface area contributed by atoms with E-state index in [1.807, 2.05) is 0 Å². The van der Waals surface area contributed by atoms with Crippen LogP contribution in [0.3, 0.4) is 0 Å². The number of amides is 1. The van der Waals surface area contributed by atoms with Gasteiger partial charge in [0.25, 0.3) is 0 Å². The first-order valence-electron chi connectivity index (χ1n) is 8.48. The largest absolute Gasteiger partial charge is 0.465 e. The Hall–Kier alpha value is -2.98. The minimum Gasteiger partial charge on any atom is -0.465 e. The Balaban J connectivity index is 1.55. The number of nitrogens with one attached hydrogen (secondary N) is 1. The molecule has 1 amide bonds. The topological polar surface area (TPSA) is 130 Å². The molecule has 0 aliphatic carbocycles. The van der Waals surface area contributed by atoms with Gasteiger partial charge in [-0.1, -0.05) is 12.1 Å². The Morgan fingerprint density at radius 2 is 1.93 bits per heavy atom. The third-order valence-electron chi connectivity index (χ3n) is 4.25. The van der Waals surface area contributed by atoms with Gasteiger partial charge in [0.2, 0.25) is 5.79 Å². The molecule has 2 N–H and O–H groups in total. The first-order valence-corrected chi connectivity index (χ1v) is 9.89. The summed E-state index contributed by atoms with van der Waals surface area (Å²) in [6.07, 6.45) is -0.292. The predicted octanol–water partition coefficient (Wildman–Crippen LogP) is 0.590. The third-order valence-corrected chi connectivity index (χ3v) is 5.51. The molecule has 28 heavy (non-hydrogen) atoms. The highest BCUT2D eigenvalue weighted by molar-refractivity contribution is 7.87. The van der Waals surface area contributed by atoms with Crippen LogP contribution in [0.1, 0.15) is 12.5 Å². The quantitative estimate of drug-likeness (QED) is 0.536. The molecule has 2 aliphatic rings. The lowest BCUT2D eigenvalue weighted by atomic mass is 10.1. The van der Waals surface area contributed by atoms with Gasteiger partial charge in [0.1, 0.15) is 10.6 Å². The molecule has 1 saturated heterocycles. The van der Waals surface area contributed by atoms with E-state index in [9.17, 15) is 13.2 Å². The third kappa shape index (κ3) is 3.97. The summed E-state index contributed by atoms with van der Waals surface area (Å²) in [7, 11) is -4.02. The number of hydrogen-bond acceptors (Lipinski definition) is 7. The van der Waals surface area contributed by atoms with Gasteiger partial charge in [-0.3, -0.25) is 5.32 Å². The fourth-order valence-electron chi connectivity index (χ4n) is 2.91. The summed E-state index contributed by atoms with van der Waals surface area (Å²) in [4.78, 5) is 19.3. The lowest BCUT2D eigenvalue weighted by molar-refractivity contribution is 0.182. The molecule has 2 heterocycles. The maximum absolute atomic E-state index is 12.5. The van der Waals surface area contributed by atoms with Crippen LogP contribution in [0.4, 0.5) is 4.79 Å². The van der Waals surface area contributed by atoms with Gasteiger partial charge in [-0.15, -0.1) is 0 Å². The van der Waals surface area contributed by atoms with Crippen molar-refractivity contribution in [2.24, 2.45) is 9.98 Å². The van der Waals surface area contributed by atoms with E-state index in [1.165, 1.54) is 37.3 Å². The van der Waals surface area contributed by atoms with E-state index < -0.39 is 22.0 Å². The van der Waals surface area contributed by atoms with Crippen LogP contribution in [0.2, 0.25) is 0 Å². The SMILES string of the molecule is CC1(NC(=O)O)N=c2ccc(OS(=O)(=O)c3ccc(CC4CO4)cc3)cc2=N1. The van der Waals surface area contributed by atoms with Crippen molar-refractivity contribution in [3.05, 3.63) is 58.7 Å². The first kappa shape index (κ1) is 18.4. The second kappa shape index (κ2) is 6.57. The van der Waals surface area contributed by atoms with Crippen LogP contribution in [0.5, 0.6) is 5.75 Å². The average Bonchev–Trinajstić information content (AvgIpc) is 3.34. The highest BCUT2D eigenvalue weighted by Crippen LogP contribution is 2.20. The van der Waals surface area contributed by atoms with E-state index in [0.29, 0.717) is 10.7 Å². The monoisotopic (exact) mass is 403 g/mol. The maximum Gasteiger partial charge on any atom is 0.408 e. The molecule has 0 spiro atoms. The van der Waals surface area contributed by atoms with Crippen LogP contribution in [0.15, 0.2) is 57.3 Å². The standard InChI is InChI=1S/C18H17N3O6S/c1-18(21-17(22)23)19-15-7-4-12(9-16(15)20-18)27-28(24,25)14-5-2-11(3-6-14)8-13-10-26-13/h2-7,9,13,21H,8,10H2,1H3,(H,22,23). The zero-order chi connectivity index (χ0) is 19.9. The summed E-state index contributed by atoms with van der Waals surface area (Å²) < 4.78 is 35.4. The van der Waals surface area contributed by atoms with Gasteiger partial charge in [0.15, 0.2) is 0 Å². The fourth-order valence-corrected chi connectivity index (χ4v) is 3.83. The number of rotatable bonds is 6. The number of fused-ring (bicyclic) bond motifs is 1. The van der Waals surface area contributed by atoms with Gasteiger partial charge in [-0.05, 0) is 29.8 Å². The van der Waals surface area contributed by atoms with Gasteiger partial charge in [0, 0.05) is 19.4 Å². The predicted molar refractivity (Wildman–Crippen MR) is 96.0 cm³/mol. The lowest BCUT2D eigenvalue weighted by Gasteiger charge is -2.16. The molecular weight excluding hydrogens is 386 g/mol. The molecule has 2 unspecified atom stereocenters. The van der Waals surface area contributed by atoms with Crippen LogP contribution in [-0.2, 0) is 21.3 Å². The molecule has 9 nitrogen and oxygen atoms in total. The van der Waals surface area contributed by atoms with E-state index >= 15 is 0 Å². The zero-order valence-electron chi connectivity index (χ0n) is 14.8. The summed E-state index contributed by atoms with van der Waals surface area (Å²) in [6.45, 7) is 2.23. The Morgan fingerprint density at radius 1 is 1.25 bits per heavy atom. The molecule has 0 radical (unpaired) electrons. The number of benzene rings is 2. The molecule has 1 fully saturated rings. The van der Waals surface area contributed by atoms with Crippen LogP contribution >= 0.6 is 0 Å². The van der Waals surface area contributed by atoms with Gasteiger partial charge in [-0.25, -0.2) is 14.8 Å². The van der Waals surface area contributed by atoms with E-state index in [-0.39, 0.29) is 16.7 Å². The van der Waals surface area contributed by atoms with Crippen LogP contribution in [0.25, 0.3) is 0 Å². The minimum absolute atomic E-state index is 0.0347. The summed E-state index contributed by atoms with van der Waals surface area (Å²) in [6, 6.07) is 10.8. The van der Waals surface area contributed by atoms with Gasteiger partial charge in [-0.2, -0.15) is 8.42 Å². The van der Waals surface area contributed by atoms with Crippen molar-refractivity contribution in [2.45, 2.75) is 30.1 Å². The summed E-state index contributed by atoms with van der Waals surface area (Å²) in [5.74, 6) is -1.29. The van der Waals surface area contributed by atoms with Crippen molar-refractivity contribution < 1.29 is 27.2 Å². The lowest BCUT2D eigenvalue weighted by Crippen LogP contribution is -2.41. The molecule has 0 saturated carbocycles. The molecule has 2 aromatic carbocycles. The molecule has 2 aliphatic heterocycles. The average molecular weight is 403 g/mol. The Labute approximate surface area is 160 Å². The number of nitrogens with zero attached hydrogens (tertiary/aromatic N) is 2. The zero-order valence-corrected chi connectivity index (χ0v) is 15.6. The van der Waals surface area contributed by atoms with Gasteiger partial charge in [0.05, 0.1) is 23.4 Å². The van der Waals surface area contributed by atoms with Crippen LogP contribution in [-0.4, -0.2) is 38.1 Å². The smallest absolute Gasteiger partial charge is 0.408 e. The Kier molecular flexibility index (Phi) is 4.31. The molecule has 10 heteroatoms. The highest BCUT2D eigenvalue weighted by Gasteiger charge is 2.27. The van der Waals surface area contributed by atoms with Crippen molar-refractivity contribution in [2.75, 3.05) is 6.61 Å². The first-order chi connectivity index (χ1) is 13.2. The molecule has 0 aromatic heterocycles. The molecular formula is C18H17N3O6S. The van der Waals surface area contributed by atoms with E-state index in [1.54, 1.807) is 12.1 Å². The molecule has 146 valence electrons. The van der Waals surface area contributed by atoms with Crippen molar-refractivity contribution in [1.29, 1.82) is 0 Å². The highest BCUT2D eigenvalue weighted by atomic mass is 32.2. The van der Waals surface area contributed by atoms with E-state index in [2.05, 4.69) is 15.3 Å². The number of epoxide rings is 1. The number of carbonyl (C=O) groups is 1. The summed E-state index contributed by atoms with van der Waals surface area (Å²) >= 11 is 0. The van der Waals surface area contributed by atoms with Gasteiger partial charge < -0.3 is 14.0 Å². The fraction of sp³-hybridized carbons (Fsp3) is 0.278. The van der Waals surface area contributed by atoms with Crippen molar-refractivity contribution in [1.82, 2.24) is 5.32 Å². The molecule has 2 aromatic rings. The molecule has 2 atom stereocenters. The van der Waals surface area contributed by atoms with E-state index in [4.69, 9.17) is 14.0 Å². The number of hydrogen-bond donors (Lipinski definition) is 2. The number of carboxylic acid groups (broad SMARTS) is 1. The summed E-state index contributed by atoms with van der Waals surface area (Å²) in [5, 5.41) is 11.9. The minimum atomic E-state index is -4.02. The van der Waals surface area contributed by atoms with Crippen molar-refractivity contribution in [3.63, 3.8) is 0 Å². The number of ether oxygens (including phenoxy) is 1. The second-order valence-corrected chi connectivity index (χ2v) is 8.21.